The van der Waals surface area contributed by atoms with Crippen molar-refractivity contribution in [3.8, 4) is 0 Å². The van der Waals surface area contributed by atoms with Crippen molar-refractivity contribution in [3.05, 3.63) is 0 Å². The highest BCUT2D eigenvalue weighted by atomic mass is 35.5. The van der Waals surface area contributed by atoms with Crippen LogP contribution in [0.15, 0.2) is 0 Å². The molecule has 0 spiro atoms. The van der Waals surface area contributed by atoms with Gasteiger partial charge in [0.2, 0.25) is 11.8 Å². The molecule has 1 atom stereocenters. The van der Waals surface area contributed by atoms with Crippen LogP contribution in [0.5, 0.6) is 0 Å². The SMILES string of the molecule is CCC1CC(=O)N(C(=O)CCCCCl)C1. The summed E-state index contributed by atoms with van der Waals surface area (Å²) in [6, 6.07) is 0. The molecule has 0 radical (unpaired) electrons. The molecule has 1 heterocycles. The number of imide groups is 1. The van der Waals surface area contributed by atoms with Gasteiger partial charge in [0.25, 0.3) is 0 Å². The van der Waals surface area contributed by atoms with Crippen molar-refractivity contribution in [2.75, 3.05) is 12.4 Å². The number of unbranched alkanes of at least 4 members (excludes halogenated alkanes) is 1. The normalized spacial score (nSPS) is 21.1. The molecule has 1 fully saturated rings. The third kappa shape index (κ3) is 3.49. The Morgan fingerprint density at radius 2 is 2.27 bits per heavy atom. The first kappa shape index (κ1) is 12.5. The second kappa shape index (κ2) is 6.11. The van der Waals surface area contributed by atoms with Crippen LogP contribution in [-0.2, 0) is 9.59 Å². The second-order valence-corrected chi connectivity index (χ2v) is 4.40. The summed E-state index contributed by atoms with van der Waals surface area (Å²) in [6.45, 7) is 2.68. The first-order chi connectivity index (χ1) is 7.19. The number of amides is 2. The molecule has 0 aromatic carbocycles. The van der Waals surface area contributed by atoms with Crippen LogP contribution >= 0.6 is 11.6 Å². The quantitative estimate of drug-likeness (QED) is 0.537. The van der Waals surface area contributed by atoms with Crippen LogP contribution < -0.4 is 0 Å². The monoisotopic (exact) mass is 231 g/mol. The zero-order chi connectivity index (χ0) is 11.3. The van der Waals surface area contributed by atoms with E-state index in [4.69, 9.17) is 11.6 Å². The fraction of sp³-hybridized carbons (Fsp3) is 0.818. The molecule has 1 unspecified atom stereocenters. The van der Waals surface area contributed by atoms with E-state index in [0.717, 1.165) is 19.3 Å². The molecule has 0 aromatic rings. The third-order valence-electron chi connectivity index (χ3n) is 2.86. The molecule has 4 heteroatoms. The summed E-state index contributed by atoms with van der Waals surface area (Å²) in [7, 11) is 0. The first-order valence-corrected chi connectivity index (χ1v) is 6.11. The molecule has 0 saturated carbocycles. The Morgan fingerprint density at radius 3 is 2.80 bits per heavy atom. The summed E-state index contributed by atoms with van der Waals surface area (Å²) in [4.78, 5) is 24.6. The van der Waals surface area contributed by atoms with E-state index >= 15 is 0 Å². The first-order valence-electron chi connectivity index (χ1n) is 5.58. The number of alkyl halides is 1. The van der Waals surface area contributed by atoms with Gasteiger partial charge < -0.3 is 0 Å². The van der Waals surface area contributed by atoms with E-state index in [2.05, 4.69) is 6.92 Å². The number of hydrogen-bond acceptors (Lipinski definition) is 2. The van der Waals surface area contributed by atoms with Crippen LogP contribution in [0.4, 0.5) is 0 Å². The zero-order valence-electron chi connectivity index (χ0n) is 9.17. The van der Waals surface area contributed by atoms with Crippen LogP contribution in [0.3, 0.4) is 0 Å². The van der Waals surface area contributed by atoms with Crippen LogP contribution in [0, 0.1) is 5.92 Å². The second-order valence-electron chi connectivity index (χ2n) is 4.02. The number of nitrogens with zero attached hydrogens (tertiary/aromatic N) is 1. The standard InChI is InChI=1S/C11H18ClNO2/c1-2-9-7-11(15)13(8-9)10(14)5-3-4-6-12/h9H,2-8H2,1H3. The zero-order valence-corrected chi connectivity index (χ0v) is 9.92. The molecule has 15 heavy (non-hydrogen) atoms. The molecule has 1 aliphatic heterocycles. The van der Waals surface area contributed by atoms with Gasteiger partial charge >= 0.3 is 0 Å². The van der Waals surface area contributed by atoms with Crippen molar-refractivity contribution < 1.29 is 9.59 Å². The number of rotatable bonds is 5. The lowest BCUT2D eigenvalue weighted by molar-refractivity contribution is -0.141. The van der Waals surface area contributed by atoms with Gasteiger partial charge in [0.1, 0.15) is 0 Å². The van der Waals surface area contributed by atoms with E-state index in [1.54, 1.807) is 0 Å². The number of carbonyl (C=O) groups excluding carboxylic acids is 2. The Balaban J connectivity index is 2.36. The molecule has 1 aliphatic rings. The molecule has 0 aliphatic carbocycles. The van der Waals surface area contributed by atoms with E-state index in [0.29, 0.717) is 31.2 Å². The number of carbonyl (C=O) groups is 2. The van der Waals surface area contributed by atoms with Crippen molar-refractivity contribution in [1.82, 2.24) is 4.90 Å². The molecule has 0 aromatic heterocycles. The maximum atomic E-state index is 11.7. The Morgan fingerprint density at radius 1 is 1.53 bits per heavy atom. The summed E-state index contributed by atoms with van der Waals surface area (Å²) < 4.78 is 0. The van der Waals surface area contributed by atoms with Crippen molar-refractivity contribution >= 4 is 23.4 Å². The predicted molar refractivity (Wildman–Crippen MR) is 59.7 cm³/mol. The van der Waals surface area contributed by atoms with Gasteiger partial charge in [-0.1, -0.05) is 13.3 Å². The third-order valence-corrected chi connectivity index (χ3v) is 3.13. The Kier molecular flexibility index (Phi) is 5.09. The number of halogens is 1. The predicted octanol–water partition coefficient (Wildman–Crippen LogP) is 2.18. The molecule has 0 N–H and O–H groups in total. The summed E-state index contributed by atoms with van der Waals surface area (Å²) in [5, 5.41) is 0. The van der Waals surface area contributed by atoms with Gasteiger partial charge in [0.15, 0.2) is 0 Å². The number of hydrogen-bond donors (Lipinski definition) is 0. The Labute approximate surface area is 95.8 Å². The van der Waals surface area contributed by atoms with E-state index < -0.39 is 0 Å². The maximum Gasteiger partial charge on any atom is 0.229 e. The van der Waals surface area contributed by atoms with Crippen LogP contribution in [0.2, 0.25) is 0 Å². The summed E-state index contributed by atoms with van der Waals surface area (Å²) >= 11 is 5.53. The fourth-order valence-electron chi connectivity index (χ4n) is 1.80. The van der Waals surface area contributed by atoms with E-state index in [9.17, 15) is 9.59 Å². The average molecular weight is 232 g/mol. The minimum atomic E-state index is -0.0268. The Hall–Kier alpha value is -0.570. The van der Waals surface area contributed by atoms with Gasteiger partial charge in [-0.3, -0.25) is 14.5 Å². The van der Waals surface area contributed by atoms with E-state index in [1.807, 2.05) is 0 Å². The van der Waals surface area contributed by atoms with Crippen molar-refractivity contribution in [1.29, 1.82) is 0 Å². The van der Waals surface area contributed by atoms with Gasteiger partial charge in [-0.2, -0.15) is 0 Å². The lowest BCUT2D eigenvalue weighted by atomic mass is 10.1. The van der Waals surface area contributed by atoms with Crippen LogP contribution in [0.25, 0.3) is 0 Å². The highest BCUT2D eigenvalue weighted by molar-refractivity contribution is 6.17. The molecule has 1 rings (SSSR count). The average Bonchev–Trinajstić information content (AvgIpc) is 2.60. The smallest absolute Gasteiger partial charge is 0.229 e. The molecule has 1 saturated heterocycles. The van der Waals surface area contributed by atoms with Crippen molar-refractivity contribution in [2.24, 2.45) is 5.92 Å². The molecule has 0 bridgehead atoms. The topological polar surface area (TPSA) is 37.4 Å². The summed E-state index contributed by atoms with van der Waals surface area (Å²) in [6.07, 6.45) is 3.58. The van der Waals surface area contributed by atoms with Crippen molar-refractivity contribution in [3.63, 3.8) is 0 Å². The largest absolute Gasteiger partial charge is 0.282 e. The summed E-state index contributed by atoms with van der Waals surface area (Å²) in [5.41, 5.74) is 0. The highest BCUT2D eigenvalue weighted by Crippen LogP contribution is 2.21. The summed E-state index contributed by atoms with van der Waals surface area (Å²) in [5.74, 6) is 0.923. The van der Waals surface area contributed by atoms with E-state index in [-0.39, 0.29) is 11.8 Å². The Bertz CT molecular complexity index is 243. The van der Waals surface area contributed by atoms with Crippen LogP contribution in [0.1, 0.15) is 39.0 Å². The number of likely N-dealkylation sites (tertiary alicyclic amines) is 1. The lowest BCUT2D eigenvalue weighted by Crippen LogP contribution is -2.32. The maximum absolute atomic E-state index is 11.7. The van der Waals surface area contributed by atoms with Crippen LogP contribution in [-0.4, -0.2) is 29.1 Å². The molecular formula is C11H18ClNO2. The molecular weight excluding hydrogens is 214 g/mol. The molecule has 86 valence electrons. The van der Waals surface area contributed by atoms with Gasteiger partial charge in [-0.25, -0.2) is 0 Å². The van der Waals surface area contributed by atoms with E-state index in [1.165, 1.54) is 4.90 Å². The minimum Gasteiger partial charge on any atom is -0.282 e. The molecule has 3 nitrogen and oxygen atoms in total. The van der Waals surface area contributed by atoms with Gasteiger partial charge in [0, 0.05) is 25.3 Å². The van der Waals surface area contributed by atoms with Gasteiger partial charge in [-0.15, -0.1) is 11.6 Å². The molecule has 2 amide bonds. The highest BCUT2D eigenvalue weighted by Gasteiger charge is 2.32. The van der Waals surface area contributed by atoms with Crippen molar-refractivity contribution in [2.45, 2.75) is 39.0 Å². The fourth-order valence-corrected chi connectivity index (χ4v) is 1.99. The van der Waals surface area contributed by atoms with Gasteiger partial charge in [0.05, 0.1) is 0 Å². The minimum absolute atomic E-state index is 0.00211. The lowest BCUT2D eigenvalue weighted by Gasteiger charge is -2.13. The van der Waals surface area contributed by atoms with Gasteiger partial charge in [-0.05, 0) is 18.8 Å².